The van der Waals surface area contributed by atoms with Crippen molar-refractivity contribution in [3.05, 3.63) is 0 Å². The molecule has 1 aliphatic rings. The molecule has 0 radical (unpaired) electrons. The molecule has 0 bridgehead atoms. The molecule has 0 saturated carbocycles. The van der Waals surface area contributed by atoms with E-state index in [4.69, 9.17) is 0 Å². The van der Waals surface area contributed by atoms with Gasteiger partial charge in [-0.1, -0.05) is 0 Å². The van der Waals surface area contributed by atoms with Crippen LogP contribution in [0.2, 0.25) is 0 Å². The molecule has 1 heterocycles. The fourth-order valence-electron chi connectivity index (χ4n) is 1.15. The molecule has 0 aliphatic carbocycles. The van der Waals surface area contributed by atoms with Crippen molar-refractivity contribution in [1.29, 1.82) is 0 Å². The van der Waals surface area contributed by atoms with E-state index in [1.807, 2.05) is 0 Å². The Hall–Kier alpha value is -0.770. The van der Waals surface area contributed by atoms with Crippen LogP contribution in [0.15, 0.2) is 4.99 Å². The van der Waals surface area contributed by atoms with Crippen molar-refractivity contribution in [2.24, 2.45) is 4.99 Å². The van der Waals surface area contributed by atoms with Gasteiger partial charge < -0.3 is 15.7 Å². The molecule has 1 aliphatic heterocycles. The van der Waals surface area contributed by atoms with Gasteiger partial charge in [0.15, 0.2) is 5.96 Å². The van der Waals surface area contributed by atoms with Crippen LogP contribution in [-0.2, 0) is 0 Å². The minimum absolute atomic E-state index is 0.435. The second kappa shape index (κ2) is 3.96. The first-order valence-corrected chi connectivity index (χ1v) is 4.74. The molecule has 0 amide bonds. The Morgan fingerprint density at radius 1 is 1.69 bits per heavy atom. The average Bonchev–Trinajstić information content (AvgIpc) is 2.33. The maximum Gasteiger partial charge on any atom is 0.191 e. The van der Waals surface area contributed by atoms with E-state index in [1.54, 1.807) is 13.8 Å². The van der Waals surface area contributed by atoms with Gasteiger partial charge in [0.2, 0.25) is 0 Å². The van der Waals surface area contributed by atoms with E-state index in [0.717, 1.165) is 25.5 Å². The highest BCUT2D eigenvalue weighted by Gasteiger charge is 2.14. The second-order valence-corrected chi connectivity index (χ2v) is 4.22. The number of hydrogen-bond donors (Lipinski definition) is 3. The summed E-state index contributed by atoms with van der Waals surface area (Å²) in [6.07, 6.45) is 0.724. The molecular weight excluding hydrogens is 166 g/mol. The number of nitrogens with zero attached hydrogens (tertiary/aromatic N) is 1. The summed E-state index contributed by atoms with van der Waals surface area (Å²) in [5.41, 5.74) is -0.599. The third-order valence-corrected chi connectivity index (χ3v) is 1.94. The largest absolute Gasteiger partial charge is 0.390 e. The van der Waals surface area contributed by atoms with Crippen LogP contribution in [-0.4, -0.2) is 35.8 Å². The zero-order chi connectivity index (χ0) is 9.90. The Balaban J connectivity index is 2.14. The summed E-state index contributed by atoms with van der Waals surface area (Å²) in [4.78, 5) is 4.25. The number of aliphatic hydroxyl groups is 1. The topological polar surface area (TPSA) is 56.7 Å². The van der Waals surface area contributed by atoms with Gasteiger partial charge in [0.05, 0.1) is 12.1 Å². The van der Waals surface area contributed by atoms with E-state index < -0.39 is 5.60 Å². The van der Waals surface area contributed by atoms with Crippen LogP contribution in [0.4, 0.5) is 0 Å². The lowest BCUT2D eigenvalue weighted by molar-refractivity contribution is 0.0725. The van der Waals surface area contributed by atoms with Crippen LogP contribution in [0.25, 0.3) is 0 Å². The first-order valence-electron chi connectivity index (χ1n) is 4.74. The first kappa shape index (κ1) is 10.3. The van der Waals surface area contributed by atoms with Crippen molar-refractivity contribution in [1.82, 2.24) is 10.6 Å². The molecule has 3 N–H and O–H groups in total. The minimum atomic E-state index is -0.599. The van der Waals surface area contributed by atoms with Crippen molar-refractivity contribution < 1.29 is 5.11 Å². The van der Waals surface area contributed by atoms with Crippen molar-refractivity contribution in [2.75, 3.05) is 13.1 Å². The molecule has 1 rings (SSSR count). The molecule has 76 valence electrons. The Morgan fingerprint density at radius 3 is 2.85 bits per heavy atom. The van der Waals surface area contributed by atoms with Crippen LogP contribution < -0.4 is 10.6 Å². The summed E-state index contributed by atoms with van der Waals surface area (Å²) in [7, 11) is 0. The maximum atomic E-state index is 9.44. The highest BCUT2D eigenvalue weighted by atomic mass is 16.3. The van der Waals surface area contributed by atoms with E-state index in [1.165, 1.54) is 0 Å². The normalized spacial score (nSPS) is 22.5. The number of rotatable bonds is 3. The lowest BCUT2D eigenvalue weighted by Crippen LogP contribution is -2.39. The van der Waals surface area contributed by atoms with Crippen LogP contribution >= 0.6 is 0 Å². The molecule has 0 spiro atoms. The van der Waals surface area contributed by atoms with Gasteiger partial charge >= 0.3 is 0 Å². The standard InChI is InChI=1S/C9H19N3O/c1-7-6-11-8(12-7)10-5-4-9(2,3)13/h7,13H,4-6H2,1-3H3,(H2,10,11,12). The number of guanidine groups is 1. The van der Waals surface area contributed by atoms with Gasteiger partial charge in [0.1, 0.15) is 0 Å². The van der Waals surface area contributed by atoms with Crippen LogP contribution in [0.5, 0.6) is 0 Å². The molecule has 4 nitrogen and oxygen atoms in total. The summed E-state index contributed by atoms with van der Waals surface area (Å²) in [5.74, 6) is 0.858. The molecule has 0 saturated heterocycles. The van der Waals surface area contributed by atoms with Crippen molar-refractivity contribution in [3.8, 4) is 0 Å². The Bertz CT molecular complexity index is 196. The second-order valence-electron chi connectivity index (χ2n) is 4.22. The van der Waals surface area contributed by atoms with E-state index in [-0.39, 0.29) is 0 Å². The van der Waals surface area contributed by atoms with E-state index in [2.05, 4.69) is 22.5 Å². The third kappa shape index (κ3) is 4.12. The van der Waals surface area contributed by atoms with Gasteiger partial charge in [-0.25, -0.2) is 0 Å². The van der Waals surface area contributed by atoms with E-state index in [9.17, 15) is 5.11 Å². The zero-order valence-electron chi connectivity index (χ0n) is 8.59. The van der Waals surface area contributed by atoms with E-state index >= 15 is 0 Å². The van der Waals surface area contributed by atoms with Crippen molar-refractivity contribution >= 4 is 5.96 Å². The third-order valence-electron chi connectivity index (χ3n) is 1.94. The molecule has 1 unspecified atom stereocenters. The lowest BCUT2D eigenvalue weighted by Gasteiger charge is -2.17. The van der Waals surface area contributed by atoms with Crippen LogP contribution in [0.3, 0.4) is 0 Å². The van der Waals surface area contributed by atoms with E-state index in [0.29, 0.717) is 6.04 Å². The highest BCUT2D eigenvalue weighted by Crippen LogP contribution is 2.05. The maximum absolute atomic E-state index is 9.44. The van der Waals surface area contributed by atoms with Crippen molar-refractivity contribution in [3.63, 3.8) is 0 Å². The van der Waals surface area contributed by atoms with Gasteiger partial charge in [-0.3, -0.25) is 4.99 Å². The summed E-state index contributed by atoms with van der Waals surface area (Å²) < 4.78 is 0. The molecule has 0 aromatic carbocycles. The lowest BCUT2D eigenvalue weighted by atomic mass is 10.1. The summed E-state index contributed by atoms with van der Waals surface area (Å²) in [6.45, 7) is 7.30. The molecule has 0 aromatic rings. The molecule has 0 fully saturated rings. The van der Waals surface area contributed by atoms with Gasteiger partial charge in [0.25, 0.3) is 0 Å². The number of nitrogens with one attached hydrogen (secondary N) is 2. The van der Waals surface area contributed by atoms with Crippen LogP contribution in [0.1, 0.15) is 27.2 Å². The van der Waals surface area contributed by atoms with Crippen molar-refractivity contribution in [2.45, 2.75) is 38.8 Å². The molecule has 1 atom stereocenters. The average molecular weight is 185 g/mol. The zero-order valence-corrected chi connectivity index (χ0v) is 8.59. The molecule has 4 heteroatoms. The summed E-state index contributed by atoms with van der Waals surface area (Å²) in [5, 5.41) is 15.8. The Kier molecular flexibility index (Phi) is 3.14. The van der Waals surface area contributed by atoms with Gasteiger partial charge in [-0.15, -0.1) is 0 Å². The van der Waals surface area contributed by atoms with Gasteiger partial charge in [0, 0.05) is 12.6 Å². The number of hydrogen-bond acceptors (Lipinski definition) is 4. The fourth-order valence-corrected chi connectivity index (χ4v) is 1.15. The highest BCUT2D eigenvalue weighted by molar-refractivity contribution is 5.81. The Morgan fingerprint density at radius 2 is 2.38 bits per heavy atom. The fraction of sp³-hybridized carbons (Fsp3) is 0.889. The first-order chi connectivity index (χ1) is 5.97. The predicted octanol–water partition coefficient (Wildman–Crippen LogP) is 0.0847. The predicted molar refractivity (Wildman–Crippen MR) is 53.8 cm³/mol. The molecular formula is C9H19N3O. The van der Waals surface area contributed by atoms with Crippen LogP contribution in [0, 0.1) is 0 Å². The van der Waals surface area contributed by atoms with Gasteiger partial charge in [-0.05, 0) is 27.2 Å². The quantitative estimate of drug-likeness (QED) is 0.584. The SMILES string of the molecule is CC1CN=C(NCCC(C)(C)O)N1. The van der Waals surface area contributed by atoms with Gasteiger partial charge in [-0.2, -0.15) is 0 Å². The molecule has 13 heavy (non-hydrogen) atoms. The molecule has 0 aromatic heterocycles. The smallest absolute Gasteiger partial charge is 0.191 e. The summed E-state index contributed by atoms with van der Waals surface area (Å²) in [6, 6.07) is 0.435. The Labute approximate surface area is 79.4 Å². The minimum Gasteiger partial charge on any atom is -0.390 e. The monoisotopic (exact) mass is 185 g/mol. The number of aliphatic imine (C=N–C) groups is 1. The summed E-state index contributed by atoms with van der Waals surface area (Å²) >= 11 is 0.